The Bertz CT molecular complexity index is 993. The van der Waals surface area contributed by atoms with Gasteiger partial charge in [-0.3, -0.25) is 9.36 Å². The molecule has 0 saturated carbocycles. The highest BCUT2D eigenvalue weighted by Crippen LogP contribution is 2.39. The van der Waals surface area contributed by atoms with Gasteiger partial charge in [-0.05, 0) is 50.3 Å². The number of carbonyl (C=O) groups excluding carboxylic acids is 1. The van der Waals surface area contributed by atoms with Gasteiger partial charge in [0.05, 0.1) is 16.5 Å². The number of hydrogen-bond donors (Lipinski definition) is 0. The molecule has 0 radical (unpaired) electrons. The van der Waals surface area contributed by atoms with Crippen LogP contribution in [-0.2, 0) is 18.7 Å². The zero-order chi connectivity index (χ0) is 18.3. The molecule has 0 N–H and O–H groups in total. The van der Waals surface area contributed by atoms with E-state index in [4.69, 9.17) is 23.2 Å². The average Bonchev–Trinajstić information content (AvgIpc) is 3.21. The van der Waals surface area contributed by atoms with Crippen LogP contribution < -0.4 is 0 Å². The number of hydrogen-bond acceptors (Lipinski definition) is 4. The molecule has 2 aromatic heterocycles. The molecule has 3 aromatic rings. The van der Waals surface area contributed by atoms with Crippen molar-refractivity contribution in [1.29, 1.82) is 0 Å². The molecule has 0 spiro atoms. The van der Waals surface area contributed by atoms with Crippen LogP contribution in [0, 0.1) is 6.92 Å². The molecule has 134 valence electrons. The van der Waals surface area contributed by atoms with E-state index in [1.807, 2.05) is 23.6 Å². The monoisotopic (exact) mass is 405 g/mol. The van der Waals surface area contributed by atoms with Gasteiger partial charge in [-0.15, -0.1) is 33.1 Å². The van der Waals surface area contributed by atoms with Gasteiger partial charge in [0.1, 0.15) is 10.8 Å². The zero-order valence-electron chi connectivity index (χ0n) is 14.3. The van der Waals surface area contributed by atoms with E-state index in [-0.39, 0.29) is 11.7 Å². The molecule has 0 bridgehead atoms. The Balaban J connectivity index is 1.96. The third-order valence-electron chi connectivity index (χ3n) is 4.71. The normalized spacial score (nSPS) is 13.7. The number of aryl methyl sites for hydroxylation is 2. The van der Waals surface area contributed by atoms with E-state index < -0.39 is 0 Å². The molecule has 0 aliphatic heterocycles. The van der Waals surface area contributed by atoms with Gasteiger partial charge in [0.2, 0.25) is 0 Å². The minimum Gasteiger partial charge on any atom is -0.288 e. The topological polar surface area (TPSA) is 47.8 Å². The Morgan fingerprint density at radius 2 is 2.00 bits per heavy atom. The first-order valence-corrected chi connectivity index (χ1v) is 10.3. The van der Waals surface area contributed by atoms with Gasteiger partial charge < -0.3 is 0 Å². The van der Waals surface area contributed by atoms with Gasteiger partial charge in [0.25, 0.3) is 0 Å². The third-order valence-corrected chi connectivity index (χ3v) is 6.56. The molecule has 7 heteroatoms. The molecule has 0 saturated heterocycles. The summed E-state index contributed by atoms with van der Waals surface area (Å²) in [6.45, 7) is 1.88. The fraction of sp³-hybridized carbons (Fsp3) is 0.316. The number of nitrogens with zero attached hydrogens (tertiary/aromatic N) is 3. The first kappa shape index (κ1) is 17.7. The van der Waals surface area contributed by atoms with Crippen molar-refractivity contribution in [3.05, 3.63) is 62.5 Å². The van der Waals surface area contributed by atoms with Crippen LogP contribution in [0.5, 0.6) is 0 Å². The highest BCUT2D eigenvalue weighted by atomic mass is 35.5. The fourth-order valence-electron chi connectivity index (χ4n) is 3.48. The van der Waals surface area contributed by atoms with Crippen LogP contribution in [-0.4, -0.2) is 20.5 Å². The molecular weight excluding hydrogens is 389 g/mol. The van der Waals surface area contributed by atoms with Crippen LogP contribution in [0.15, 0.2) is 24.3 Å². The summed E-state index contributed by atoms with van der Waals surface area (Å²) in [5.41, 5.74) is 2.40. The summed E-state index contributed by atoms with van der Waals surface area (Å²) < 4.78 is 1.92. The van der Waals surface area contributed by atoms with Crippen LogP contribution in [0.3, 0.4) is 0 Å². The average molecular weight is 406 g/mol. The van der Waals surface area contributed by atoms with Crippen LogP contribution in [0.2, 0.25) is 5.02 Å². The Morgan fingerprint density at radius 3 is 2.77 bits per heavy atom. The molecule has 1 aliphatic carbocycles. The second-order valence-corrected chi connectivity index (χ2v) is 8.09. The predicted octanol–water partition coefficient (Wildman–Crippen LogP) is 5.14. The summed E-state index contributed by atoms with van der Waals surface area (Å²) in [7, 11) is 0. The summed E-state index contributed by atoms with van der Waals surface area (Å²) in [6, 6.07) is 7.20. The molecule has 4 nitrogen and oxygen atoms in total. The molecule has 26 heavy (non-hydrogen) atoms. The number of halogens is 2. The molecule has 2 heterocycles. The van der Waals surface area contributed by atoms with Crippen molar-refractivity contribution >= 4 is 40.3 Å². The number of alkyl halides is 1. The third kappa shape index (κ3) is 2.88. The molecule has 1 aromatic carbocycles. The van der Waals surface area contributed by atoms with E-state index in [2.05, 4.69) is 10.2 Å². The molecule has 4 rings (SSSR count). The summed E-state index contributed by atoms with van der Waals surface area (Å²) >= 11 is 14.0. The van der Waals surface area contributed by atoms with Crippen molar-refractivity contribution in [3.8, 4) is 5.00 Å². The highest BCUT2D eigenvalue weighted by molar-refractivity contribution is 7.15. The summed E-state index contributed by atoms with van der Waals surface area (Å²) in [4.78, 5) is 14.7. The van der Waals surface area contributed by atoms with Crippen LogP contribution >= 0.6 is 34.5 Å². The minimum absolute atomic E-state index is 0.0429. The van der Waals surface area contributed by atoms with E-state index in [1.165, 1.54) is 4.88 Å². The molecular formula is C19H17Cl2N3OS. The van der Waals surface area contributed by atoms with Gasteiger partial charge in [-0.1, -0.05) is 23.7 Å². The Morgan fingerprint density at radius 1 is 1.23 bits per heavy atom. The van der Waals surface area contributed by atoms with Crippen LogP contribution in [0.25, 0.3) is 5.00 Å². The van der Waals surface area contributed by atoms with E-state index >= 15 is 0 Å². The number of fused-ring (bicyclic) bond motifs is 1. The molecule has 0 fully saturated rings. The lowest BCUT2D eigenvalue weighted by molar-refractivity contribution is 0.103. The quantitative estimate of drug-likeness (QED) is 0.445. The lowest BCUT2D eigenvalue weighted by Gasteiger charge is -2.13. The number of ketones is 1. The molecule has 0 unspecified atom stereocenters. The Kier molecular flexibility index (Phi) is 4.86. The maximum atomic E-state index is 13.5. The highest BCUT2D eigenvalue weighted by Gasteiger charge is 2.29. The predicted molar refractivity (Wildman–Crippen MR) is 105 cm³/mol. The van der Waals surface area contributed by atoms with Gasteiger partial charge in [-0.25, -0.2) is 0 Å². The minimum atomic E-state index is -0.0429. The van der Waals surface area contributed by atoms with E-state index in [1.54, 1.807) is 23.5 Å². The second-order valence-electron chi connectivity index (χ2n) is 6.33. The SMILES string of the molecule is Cc1nnc(CCl)n1-c1sc2c(c1C(=O)c1ccccc1Cl)CCCC2. The van der Waals surface area contributed by atoms with Crippen molar-refractivity contribution in [2.24, 2.45) is 0 Å². The summed E-state index contributed by atoms with van der Waals surface area (Å²) in [5, 5.41) is 9.65. The van der Waals surface area contributed by atoms with Crippen molar-refractivity contribution in [3.63, 3.8) is 0 Å². The lowest BCUT2D eigenvalue weighted by Crippen LogP contribution is -2.12. The Labute approximate surface area is 165 Å². The smallest absolute Gasteiger partial charge is 0.197 e. The number of thiophene rings is 1. The molecule has 1 aliphatic rings. The van der Waals surface area contributed by atoms with Gasteiger partial charge in [-0.2, -0.15) is 0 Å². The number of carbonyl (C=O) groups is 1. The first-order valence-electron chi connectivity index (χ1n) is 8.52. The number of benzene rings is 1. The van der Waals surface area contributed by atoms with Gasteiger partial charge >= 0.3 is 0 Å². The maximum Gasteiger partial charge on any atom is 0.197 e. The zero-order valence-corrected chi connectivity index (χ0v) is 16.6. The van der Waals surface area contributed by atoms with Crippen LogP contribution in [0.1, 0.15) is 50.9 Å². The largest absolute Gasteiger partial charge is 0.288 e. The van der Waals surface area contributed by atoms with Gasteiger partial charge in [0, 0.05) is 10.4 Å². The van der Waals surface area contributed by atoms with E-state index in [9.17, 15) is 4.79 Å². The summed E-state index contributed by atoms with van der Waals surface area (Å²) in [5.74, 6) is 1.57. The maximum absolute atomic E-state index is 13.5. The number of rotatable bonds is 4. The van der Waals surface area contributed by atoms with Crippen molar-refractivity contribution < 1.29 is 4.79 Å². The van der Waals surface area contributed by atoms with Crippen molar-refractivity contribution in [2.45, 2.75) is 38.5 Å². The van der Waals surface area contributed by atoms with Crippen molar-refractivity contribution in [2.75, 3.05) is 0 Å². The van der Waals surface area contributed by atoms with Gasteiger partial charge in [0.15, 0.2) is 11.6 Å². The molecule has 0 atom stereocenters. The van der Waals surface area contributed by atoms with Crippen LogP contribution in [0.4, 0.5) is 0 Å². The summed E-state index contributed by atoms with van der Waals surface area (Å²) in [6.07, 6.45) is 4.15. The second kappa shape index (κ2) is 7.14. The molecule has 0 amide bonds. The lowest BCUT2D eigenvalue weighted by atomic mass is 9.92. The number of aromatic nitrogens is 3. The first-order chi connectivity index (χ1) is 12.6. The van der Waals surface area contributed by atoms with Crippen molar-refractivity contribution in [1.82, 2.24) is 14.8 Å². The Hall–Kier alpha value is -1.69. The standard InChI is InChI=1S/C19H17Cl2N3OS/c1-11-22-23-16(10-20)24(11)19-17(13-7-3-5-9-15(13)26-19)18(25)12-6-2-4-8-14(12)21/h2,4,6,8H,3,5,7,9-10H2,1H3. The fourth-order valence-corrected chi connectivity index (χ4v) is 5.33. The van der Waals surface area contributed by atoms with E-state index in [0.29, 0.717) is 16.4 Å². The van der Waals surface area contributed by atoms with E-state index in [0.717, 1.165) is 47.6 Å².